The van der Waals surface area contributed by atoms with Crippen LogP contribution in [0.25, 0.3) is 0 Å². The summed E-state index contributed by atoms with van der Waals surface area (Å²) in [6, 6.07) is 0. The Hall–Kier alpha value is -4.41. The molecule has 33 heteroatoms. The molecule has 0 amide bonds. The number of alkyl halides is 13. The van der Waals surface area contributed by atoms with Crippen molar-refractivity contribution < 1.29 is 151 Å². The lowest BCUT2D eigenvalue weighted by Gasteiger charge is -2.41. The van der Waals surface area contributed by atoms with Crippen molar-refractivity contribution in [2.24, 2.45) is 0 Å². The Bertz CT molecular complexity index is 1610. The first-order chi connectivity index (χ1) is 26.8. The van der Waals surface area contributed by atoms with Crippen molar-refractivity contribution >= 4 is 11.9 Å². The van der Waals surface area contributed by atoms with E-state index in [4.69, 9.17) is 0 Å². The Balaban J connectivity index is 6.44. The lowest BCUT2D eigenvalue weighted by Crippen LogP contribution is -2.65. The highest BCUT2D eigenvalue weighted by Crippen LogP contribution is 2.57. The molecule has 59 heavy (non-hydrogen) atoms. The van der Waals surface area contributed by atoms with Crippen LogP contribution in [0.15, 0.2) is 71.9 Å². The van der Waals surface area contributed by atoms with Crippen molar-refractivity contribution in [2.75, 3.05) is 26.5 Å². The number of rotatable bonds is 25. The van der Waals surface area contributed by atoms with Gasteiger partial charge in [-0.05, 0) is 25.2 Å². The summed E-state index contributed by atoms with van der Waals surface area (Å²) in [4.78, 5) is 30.0. The molecule has 0 fully saturated rings. The van der Waals surface area contributed by atoms with Gasteiger partial charge in [0.25, 0.3) is 5.85 Å². The molecular formula is C26H17F21O12. The average molecular weight is 920 g/mol. The molecule has 0 aromatic rings. The van der Waals surface area contributed by atoms with Crippen LogP contribution in [-0.4, -0.2) is 80.4 Å². The average Bonchev–Trinajstić information content (AvgIpc) is 3.16. The van der Waals surface area contributed by atoms with Crippen molar-refractivity contribution in [3.63, 3.8) is 0 Å². The summed E-state index contributed by atoms with van der Waals surface area (Å²) < 4.78 is 299. The van der Waals surface area contributed by atoms with E-state index in [2.05, 4.69) is 62.3 Å². The van der Waals surface area contributed by atoms with Crippen molar-refractivity contribution in [2.45, 2.75) is 48.4 Å². The van der Waals surface area contributed by atoms with Crippen molar-refractivity contribution in [3.8, 4) is 0 Å². The fourth-order valence-electron chi connectivity index (χ4n) is 2.88. The van der Waals surface area contributed by atoms with E-state index in [1.807, 2.05) is 0 Å². The predicted molar refractivity (Wildman–Crippen MR) is 137 cm³/mol. The Morgan fingerprint density at radius 1 is 0.559 bits per heavy atom. The van der Waals surface area contributed by atoms with Crippen LogP contribution < -0.4 is 0 Å². The van der Waals surface area contributed by atoms with E-state index >= 15 is 8.78 Å². The van der Waals surface area contributed by atoms with Crippen molar-refractivity contribution in [1.29, 1.82) is 0 Å². The highest BCUT2D eigenvalue weighted by Gasteiger charge is 2.81. The summed E-state index contributed by atoms with van der Waals surface area (Å²) in [7, 11) is 0. The topological polar surface area (TPSA) is 126 Å². The molecule has 0 N–H and O–H groups in total. The highest BCUT2D eigenvalue weighted by molar-refractivity contribution is 5.82. The van der Waals surface area contributed by atoms with E-state index in [1.165, 1.54) is 0 Å². The molecule has 0 aromatic carbocycles. The third-order valence-corrected chi connectivity index (χ3v) is 5.68. The van der Waals surface area contributed by atoms with E-state index in [9.17, 15) is 93.0 Å². The largest absolute Gasteiger partial charge is 0.460 e. The Labute approximate surface area is 310 Å². The van der Waals surface area contributed by atoms with Crippen molar-refractivity contribution in [3.05, 3.63) is 71.9 Å². The van der Waals surface area contributed by atoms with Gasteiger partial charge in [0.1, 0.15) is 19.9 Å². The van der Waals surface area contributed by atoms with Crippen molar-refractivity contribution in [1.82, 2.24) is 0 Å². The zero-order chi connectivity index (χ0) is 46.4. The first-order valence-electron chi connectivity index (χ1n) is 13.8. The van der Waals surface area contributed by atoms with Crippen LogP contribution in [0.5, 0.6) is 0 Å². The molecule has 0 aliphatic carbocycles. The maximum atomic E-state index is 15.2. The lowest BCUT2D eigenvalue weighted by molar-refractivity contribution is -0.790. The van der Waals surface area contributed by atoms with Crippen LogP contribution in [0.1, 0.15) is 6.42 Å². The van der Waals surface area contributed by atoms with E-state index in [1.54, 1.807) is 0 Å². The molecule has 3 atom stereocenters. The standard InChI is InChI=1S/C26H17F21O12/c1-3-12(48)50-8-10(53-13(49)4-2)9-52-56-58-59-57-55-51-6-5-21(36,23(38,39)25(42,43)44)54-22(37,24(40,41)26(45,46)47)20(35)19(34)18(33)17(32)16(31)15(30)14(29)11(28)7-27/h3-4,10H,1-2,5-9H2/b14-11+,16-15+,18-17+,20-19+. The van der Waals surface area contributed by atoms with Crippen LogP contribution in [-0.2, 0) is 58.8 Å². The second kappa shape index (κ2) is 22.3. The summed E-state index contributed by atoms with van der Waals surface area (Å²) >= 11 is 0. The normalized spacial score (nSPS) is 17.3. The zero-order valence-electron chi connectivity index (χ0n) is 27.5. The molecule has 0 spiro atoms. The van der Waals surface area contributed by atoms with E-state index in [0.29, 0.717) is 12.2 Å². The number of ether oxygens (including phenoxy) is 3. The first-order valence-corrected chi connectivity index (χ1v) is 13.8. The molecule has 12 nitrogen and oxygen atoms in total. The van der Waals surface area contributed by atoms with Crippen LogP contribution >= 0.6 is 0 Å². The van der Waals surface area contributed by atoms with E-state index in [0.717, 1.165) is 0 Å². The maximum absolute atomic E-state index is 15.2. The number of carbonyl (C=O) groups excluding carboxylic acids is 2. The van der Waals surface area contributed by atoms with Gasteiger partial charge in [-0.15, -0.1) is 0 Å². The van der Waals surface area contributed by atoms with Gasteiger partial charge in [-0.25, -0.2) is 58.4 Å². The Morgan fingerprint density at radius 3 is 1.46 bits per heavy atom. The van der Waals surface area contributed by atoms with Gasteiger partial charge in [0.05, 0.1) is 6.61 Å². The first kappa shape index (κ1) is 54.6. The number of halogens is 21. The minimum atomic E-state index is -8.20. The molecular weight excluding hydrogens is 903 g/mol. The predicted octanol–water partition coefficient (Wildman–Crippen LogP) is 9.12. The van der Waals surface area contributed by atoms with Gasteiger partial charge < -0.3 is 9.47 Å². The van der Waals surface area contributed by atoms with Gasteiger partial charge in [-0.1, -0.05) is 13.2 Å². The van der Waals surface area contributed by atoms with Crippen LogP contribution in [0.3, 0.4) is 0 Å². The molecule has 0 aromatic heterocycles. The SMILES string of the molecule is C=CC(=O)OCC(COOOOOOOCCC(F)(OC(F)(/C(F)=C(F)/C(F)=C(F)/C(F)=C(F)/C(F)=C(\F)CF)C(F)(F)C(F)(F)F)C(F)(F)C(F)(F)F)OC(=O)C=C. The second-order valence-corrected chi connectivity index (χ2v) is 9.60. The van der Waals surface area contributed by atoms with E-state index in [-0.39, 0.29) is 0 Å². The van der Waals surface area contributed by atoms with E-state index < -0.39 is 133 Å². The van der Waals surface area contributed by atoms with Gasteiger partial charge in [0.15, 0.2) is 29.4 Å². The molecule has 0 rings (SSSR count). The quantitative estimate of drug-likeness (QED) is 0.0165. The summed E-state index contributed by atoms with van der Waals surface area (Å²) in [5.41, 5.74) is 0. The minimum Gasteiger partial charge on any atom is -0.458 e. The molecule has 0 aliphatic heterocycles. The van der Waals surface area contributed by atoms with Gasteiger partial charge >= 0.3 is 42.0 Å². The fraction of sp³-hybridized carbons (Fsp3) is 0.462. The molecule has 0 saturated carbocycles. The summed E-state index contributed by atoms with van der Waals surface area (Å²) in [6.45, 7) is -0.834. The number of esters is 2. The van der Waals surface area contributed by atoms with Crippen LogP contribution in [0.2, 0.25) is 0 Å². The summed E-state index contributed by atoms with van der Waals surface area (Å²) in [5.74, 6) is -65.8. The third kappa shape index (κ3) is 14.1. The Morgan fingerprint density at radius 2 is 1.00 bits per heavy atom. The lowest BCUT2D eigenvalue weighted by atomic mass is 10.0. The Kier molecular flexibility index (Phi) is 20.6. The molecule has 0 radical (unpaired) electrons. The smallest absolute Gasteiger partial charge is 0.458 e. The zero-order valence-corrected chi connectivity index (χ0v) is 27.5. The van der Waals surface area contributed by atoms with Crippen LogP contribution in [0.4, 0.5) is 92.2 Å². The molecule has 0 aliphatic rings. The van der Waals surface area contributed by atoms with Gasteiger partial charge in [0.2, 0.25) is 23.3 Å². The summed E-state index contributed by atoms with van der Waals surface area (Å²) in [5, 5.41) is 17.2. The van der Waals surface area contributed by atoms with Gasteiger partial charge in [-0.2, -0.15) is 53.2 Å². The molecule has 0 saturated heterocycles. The molecule has 3 unspecified atom stereocenters. The second-order valence-electron chi connectivity index (χ2n) is 9.60. The molecule has 0 bridgehead atoms. The minimum absolute atomic E-state index is 0.614. The highest BCUT2D eigenvalue weighted by atomic mass is 19.4. The fourth-order valence-corrected chi connectivity index (χ4v) is 2.88. The maximum Gasteiger partial charge on any atom is 0.460 e. The van der Waals surface area contributed by atoms with Gasteiger partial charge in [0, 0.05) is 18.6 Å². The number of allylic oxidation sites excluding steroid dienone is 7. The third-order valence-electron chi connectivity index (χ3n) is 5.68. The summed E-state index contributed by atoms with van der Waals surface area (Å²) in [6.07, 6.45) is -19.2. The molecule has 0 heterocycles. The van der Waals surface area contributed by atoms with Crippen LogP contribution in [0, 0.1) is 0 Å². The number of carbonyl (C=O) groups is 2. The molecule has 340 valence electrons. The van der Waals surface area contributed by atoms with Gasteiger partial charge in [-0.3, -0.25) is 4.74 Å². The number of hydrogen-bond acceptors (Lipinski definition) is 12. The monoisotopic (exact) mass is 920 g/mol. The number of hydrogen-bond donors (Lipinski definition) is 0.